The number of amides is 2. The molecule has 0 fully saturated rings. The first-order valence-electron chi connectivity index (χ1n) is 4.85. The average Bonchev–Trinajstić information content (AvgIpc) is 2.75. The van der Waals surface area contributed by atoms with Crippen LogP contribution in [0.25, 0.3) is 11.0 Å². The number of nitrogens with one attached hydrogen (secondary N) is 1. The highest BCUT2D eigenvalue weighted by Crippen LogP contribution is 2.25. The zero-order valence-electron chi connectivity index (χ0n) is 9.12. The zero-order chi connectivity index (χ0) is 14.2. The number of anilines is 1. The smallest absolute Gasteiger partial charge is 0.460 e. The van der Waals surface area contributed by atoms with Crippen molar-refractivity contribution in [1.82, 2.24) is 4.98 Å². The van der Waals surface area contributed by atoms with Crippen LogP contribution in [0.4, 0.5) is 19.0 Å². The number of alkyl halides is 3. The van der Waals surface area contributed by atoms with E-state index in [9.17, 15) is 22.8 Å². The Balaban J connectivity index is 2.49. The van der Waals surface area contributed by atoms with Gasteiger partial charge in [-0.2, -0.15) is 13.2 Å². The molecular formula is C10H6F3N3O3. The highest BCUT2D eigenvalue weighted by atomic mass is 19.4. The van der Waals surface area contributed by atoms with Gasteiger partial charge in [-0.25, -0.2) is 4.98 Å². The summed E-state index contributed by atoms with van der Waals surface area (Å²) in [6.45, 7) is 0. The summed E-state index contributed by atoms with van der Waals surface area (Å²) >= 11 is 0. The number of fused-ring (bicyclic) bond motifs is 1. The van der Waals surface area contributed by atoms with Crippen LogP contribution in [0.2, 0.25) is 0 Å². The normalized spacial score (nSPS) is 11.5. The van der Waals surface area contributed by atoms with Gasteiger partial charge in [0, 0.05) is 5.39 Å². The zero-order valence-corrected chi connectivity index (χ0v) is 9.12. The Morgan fingerprint density at radius 3 is 2.63 bits per heavy atom. The molecule has 0 atom stereocenters. The topological polar surface area (TPSA) is 98.2 Å². The number of hydrogen-bond acceptors (Lipinski definition) is 4. The third-order valence-electron chi connectivity index (χ3n) is 2.18. The van der Waals surface area contributed by atoms with Gasteiger partial charge in [0.05, 0.1) is 6.26 Å². The Hall–Kier alpha value is -2.58. The SMILES string of the molecule is NC(=O)c1cc2ccoc2c(NC(=O)C(F)(F)F)n1. The average molecular weight is 273 g/mol. The summed E-state index contributed by atoms with van der Waals surface area (Å²) in [5.74, 6) is -3.68. The van der Waals surface area contributed by atoms with Gasteiger partial charge < -0.3 is 10.2 Å². The van der Waals surface area contributed by atoms with Crippen molar-refractivity contribution in [2.24, 2.45) is 5.73 Å². The molecule has 3 N–H and O–H groups in total. The molecular weight excluding hydrogens is 267 g/mol. The van der Waals surface area contributed by atoms with Gasteiger partial charge in [0.1, 0.15) is 5.69 Å². The van der Waals surface area contributed by atoms with Gasteiger partial charge in [0.25, 0.3) is 5.91 Å². The molecule has 0 saturated heterocycles. The molecule has 0 aliphatic rings. The van der Waals surface area contributed by atoms with Crippen LogP contribution in [0.15, 0.2) is 22.8 Å². The minimum Gasteiger partial charge on any atom is -0.460 e. The summed E-state index contributed by atoms with van der Waals surface area (Å²) in [6, 6.07) is 2.64. The van der Waals surface area contributed by atoms with Crippen molar-refractivity contribution in [3.05, 3.63) is 24.1 Å². The summed E-state index contributed by atoms with van der Waals surface area (Å²) in [4.78, 5) is 25.4. The number of aromatic nitrogens is 1. The second-order valence-corrected chi connectivity index (χ2v) is 3.51. The first-order chi connectivity index (χ1) is 8.79. The van der Waals surface area contributed by atoms with Crippen molar-refractivity contribution in [3.8, 4) is 0 Å². The van der Waals surface area contributed by atoms with Crippen LogP contribution in [0.5, 0.6) is 0 Å². The Bertz CT molecular complexity index is 663. The predicted octanol–water partition coefficient (Wildman–Crippen LogP) is 1.43. The molecule has 19 heavy (non-hydrogen) atoms. The molecule has 2 aromatic heterocycles. The van der Waals surface area contributed by atoms with Gasteiger partial charge in [-0.1, -0.05) is 0 Å². The second-order valence-electron chi connectivity index (χ2n) is 3.51. The molecule has 0 aliphatic heterocycles. The molecule has 0 unspecified atom stereocenters. The number of nitrogens with two attached hydrogens (primary N) is 1. The molecule has 0 aromatic carbocycles. The maximum absolute atomic E-state index is 12.2. The number of primary amides is 1. The molecule has 2 rings (SSSR count). The van der Waals surface area contributed by atoms with E-state index in [4.69, 9.17) is 10.2 Å². The van der Waals surface area contributed by atoms with E-state index in [0.717, 1.165) is 0 Å². The van der Waals surface area contributed by atoms with E-state index in [1.807, 2.05) is 0 Å². The number of carbonyl (C=O) groups excluding carboxylic acids is 2. The molecule has 0 spiro atoms. The summed E-state index contributed by atoms with van der Waals surface area (Å²) < 4.78 is 41.4. The fourth-order valence-electron chi connectivity index (χ4n) is 1.37. The van der Waals surface area contributed by atoms with Crippen molar-refractivity contribution in [2.75, 3.05) is 5.32 Å². The summed E-state index contributed by atoms with van der Waals surface area (Å²) in [5.41, 5.74) is 4.63. The van der Waals surface area contributed by atoms with Gasteiger partial charge in [-0.15, -0.1) is 0 Å². The third kappa shape index (κ3) is 2.49. The second kappa shape index (κ2) is 4.26. The van der Waals surface area contributed by atoms with Gasteiger partial charge in [0.15, 0.2) is 11.4 Å². The van der Waals surface area contributed by atoms with Crippen molar-refractivity contribution in [3.63, 3.8) is 0 Å². The van der Waals surface area contributed by atoms with Gasteiger partial charge in [-0.05, 0) is 12.1 Å². The van der Waals surface area contributed by atoms with Crippen LogP contribution in [-0.4, -0.2) is 23.0 Å². The predicted molar refractivity (Wildman–Crippen MR) is 57.2 cm³/mol. The van der Waals surface area contributed by atoms with E-state index < -0.39 is 23.8 Å². The van der Waals surface area contributed by atoms with Crippen LogP contribution >= 0.6 is 0 Å². The Morgan fingerprint density at radius 2 is 2.05 bits per heavy atom. The fraction of sp³-hybridized carbons (Fsp3) is 0.100. The van der Waals surface area contributed by atoms with Crippen molar-refractivity contribution in [2.45, 2.75) is 6.18 Å². The van der Waals surface area contributed by atoms with Crippen molar-refractivity contribution in [1.29, 1.82) is 0 Å². The molecule has 2 heterocycles. The standard InChI is InChI=1S/C10H6F3N3O3/c11-10(12,13)9(18)16-8-6-4(1-2-19-6)3-5(15-8)7(14)17/h1-3H,(H2,14,17)(H,15,16,18). The van der Waals surface area contributed by atoms with Crippen LogP contribution in [0, 0.1) is 0 Å². The lowest BCUT2D eigenvalue weighted by Gasteiger charge is -2.08. The highest BCUT2D eigenvalue weighted by molar-refractivity contribution is 6.03. The minimum absolute atomic E-state index is 0.0809. The maximum atomic E-state index is 12.2. The third-order valence-corrected chi connectivity index (χ3v) is 2.18. The van der Waals surface area contributed by atoms with Crippen LogP contribution in [-0.2, 0) is 4.79 Å². The van der Waals surface area contributed by atoms with E-state index >= 15 is 0 Å². The van der Waals surface area contributed by atoms with Crippen LogP contribution in [0.3, 0.4) is 0 Å². The number of nitrogens with zero attached hydrogens (tertiary/aromatic N) is 1. The quantitative estimate of drug-likeness (QED) is 0.864. The summed E-state index contributed by atoms with van der Waals surface area (Å²) in [6.07, 6.45) is -3.90. The van der Waals surface area contributed by atoms with Crippen molar-refractivity contribution >= 4 is 28.6 Å². The van der Waals surface area contributed by atoms with E-state index in [1.165, 1.54) is 23.7 Å². The lowest BCUT2D eigenvalue weighted by Crippen LogP contribution is -2.30. The highest BCUT2D eigenvalue weighted by Gasteiger charge is 2.39. The number of furan rings is 1. The molecule has 0 aliphatic carbocycles. The Kier molecular flexibility index (Phi) is 2.89. The summed E-state index contributed by atoms with van der Waals surface area (Å²) in [5, 5.41) is 1.82. The minimum atomic E-state index is -5.08. The van der Waals surface area contributed by atoms with E-state index in [1.54, 1.807) is 0 Å². The number of halogens is 3. The lowest BCUT2D eigenvalue weighted by molar-refractivity contribution is -0.167. The van der Waals surface area contributed by atoms with Gasteiger partial charge in [-0.3, -0.25) is 14.9 Å². The van der Waals surface area contributed by atoms with Crippen LogP contribution in [0.1, 0.15) is 10.5 Å². The Labute approximate surface area is 103 Å². The first kappa shape index (κ1) is 12.9. The molecule has 2 aromatic rings. The van der Waals surface area contributed by atoms with Gasteiger partial charge >= 0.3 is 12.1 Å². The monoisotopic (exact) mass is 273 g/mol. The molecule has 0 bridgehead atoms. The number of carbonyl (C=O) groups is 2. The summed E-state index contributed by atoms with van der Waals surface area (Å²) in [7, 11) is 0. The van der Waals surface area contributed by atoms with E-state index in [2.05, 4.69) is 4.98 Å². The molecule has 0 saturated carbocycles. The van der Waals surface area contributed by atoms with E-state index in [-0.39, 0.29) is 11.3 Å². The first-order valence-corrected chi connectivity index (χ1v) is 4.85. The largest absolute Gasteiger partial charge is 0.471 e. The molecule has 100 valence electrons. The Morgan fingerprint density at radius 1 is 1.37 bits per heavy atom. The van der Waals surface area contributed by atoms with E-state index in [0.29, 0.717) is 5.39 Å². The number of rotatable bonds is 2. The van der Waals surface area contributed by atoms with Gasteiger partial charge in [0.2, 0.25) is 0 Å². The number of hydrogen-bond donors (Lipinski definition) is 2. The fourth-order valence-corrected chi connectivity index (χ4v) is 1.37. The number of pyridine rings is 1. The van der Waals surface area contributed by atoms with Crippen molar-refractivity contribution < 1.29 is 27.2 Å². The molecule has 9 heteroatoms. The van der Waals surface area contributed by atoms with Crippen LogP contribution < -0.4 is 11.1 Å². The molecule has 2 amide bonds. The lowest BCUT2D eigenvalue weighted by atomic mass is 10.2. The molecule has 6 nitrogen and oxygen atoms in total. The maximum Gasteiger partial charge on any atom is 0.471 e. The molecule has 0 radical (unpaired) electrons.